The Bertz CT molecular complexity index is 534. The van der Waals surface area contributed by atoms with Gasteiger partial charge in [-0.15, -0.1) is 0 Å². The van der Waals surface area contributed by atoms with Crippen molar-refractivity contribution in [1.82, 2.24) is 10.3 Å². The first kappa shape index (κ1) is 12.5. The monoisotopic (exact) mass is 296 g/mol. The molecule has 1 aromatic heterocycles. The normalized spacial score (nSPS) is 11.1. The second-order valence-electron chi connectivity index (χ2n) is 4.14. The van der Waals surface area contributed by atoms with Gasteiger partial charge in [0.25, 0.3) is 0 Å². The van der Waals surface area contributed by atoms with Gasteiger partial charge in [0.1, 0.15) is 5.75 Å². The molecule has 0 unspecified atom stereocenters. The zero-order valence-corrected chi connectivity index (χ0v) is 11.9. The van der Waals surface area contributed by atoms with E-state index < -0.39 is 0 Å². The van der Waals surface area contributed by atoms with E-state index >= 15 is 0 Å². The second-order valence-corrected chi connectivity index (χ2v) is 4.93. The van der Waals surface area contributed by atoms with Crippen molar-refractivity contribution >= 4 is 26.8 Å². The summed E-state index contributed by atoms with van der Waals surface area (Å²) in [6, 6.07) is 4.11. The first-order valence-electron chi connectivity index (χ1n) is 5.66. The van der Waals surface area contributed by atoms with E-state index in [9.17, 15) is 0 Å². The number of likely N-dealkylation sites (N-methyl/N-ethyl adjacent to an activating group) is 1. The summed E-state index contributed by atoms with van der Waals surface area (Å²) in [4.78, 5) is 3.48. The zero-order valence-electron chi connectivity index (χ0n) is 10.4. The predicted molar refractivity (Wildman–Crippen MR) is 74.9 cm³/mol. The molecule has 0 atom stereocenters. The van der Waals surface area contributed by atoms with Gasteiger partial charge in [-0.25, -0.2) is 0 Å². The first-order chi connectivity index (χ1) is 8.17. The Labute approximate surface area is 110 Å². The summed E-state index contributed by atoms with van der Waals surface area (Å²) in [5.74, 6) is 0.898. The van der Waals surface area contributed by atoms with Crippen molar-refractivity contribution in [2.75, 3.05) is 20.7 Å². The SMILES string of the molecule is CNCCc1[nH]c2c(C)cc(OC)cc2c1Br. The Balaban J connectivity index is 2.53. The van der Waals surface area contributed by atoms with Crippen LogP contribution in [0.25, 0.3) is 10.9 Å². The van der Waals surface area contributed by atoms with Crippen molar-refractivity contribution in [3.8, 4) is 5.75 Å². The lowest BCUT2D eigenvalue weighted by molar-refractivity contribution is 0.415. The highest BCUT2D eigenvalue weighted by Gasteiger charge is 2.11. The van der Waals surface area contributed by atoms with E-state index in [0.29, 0.717) is 0 Å². The third-order valence-electron chi connectivity index (χ3n) is 2.95. The summed E-state index contributed by atoms with van der Waals surface area (Å²) in [7, 11) is 3.66. The molecule has 0 radical (unpaired) electrons. The molecule has 0 aliphatic rings. The molecule has 0 bridgehead atoms. The van der Waals surface area contributed by atoms with Crippen LogP contribution in [0, 0.1) is 6.92 Å². The molecule has 0 aliphatic carbocycles. The third kappa shape index (κ3) is 2.33. The number of methoxy groups -OCH3 is 1. The lowest BCUT2D eigenvalue weighted by Crippen LogP contribution is -2.10. The van der Waals surface area contributed by atoms with E-state index in [1.165, 1.54) is 22.2 Å². The topological polar surface area (TPSA) is 37.0 Å². The number of aromatic nitrogens is 1. The Morgan fingerprint density at radius 2 is 2.18 bits per heavy atom. The van der Waals surface area contributed by atoms with Crippen LogP contribution in [0.15, 0.2) is 16.6 Å². The molecule has 1 aromatic carbocycles. The van der Waals surface area contributed by atoms with Crippen LogP contribution in [0.4, 0.5) is 0 Å². The van der Waals surface area contributed by atoms with E-state index in [4.69, 9.17) is 4.74 Å². The molecule has 17 heavy (non-hydrogen) atoms. The average molecular weight is 297 g/mol. The number of halogens is 1. The molecule has 2 rings (SSSR count). The van der Waals surface area contributed by atoms with E-state index in [-0.39, 0.29) is 0 Å². The van der Waals surface area contributed by atoms with Gasteiger partial charge >= 0.3 is 0 Å². The first-order valence-corrected chi connectivity index (χ1v) is 6.46. The quantitative estimate of drug-likeness (QED) is 0.910. The number of aromatic amines is 1. The van der Waals surface area contributed by atoms with Crippen molar-refractivity contribution < 1.29 is 4.74 Å². The summed E-state index contributed by atoms with van der Waals surface area (Å²) in [6.45, 7) is 3.05. The lowest BCUT2D eigenvalue weighted by Gasteiger charge is -2.02. The maximum Gasteiger partial charge on any atom is 0.119 e. The highest BCUT2D eigenvalue weighted by molar-refractivity contribution is 9.10. The standard InChI is InChI=1S/C13H17BrN2O/c1-8-6-9(17-3)7-10-12(14)11(4-5-15-2)16-13(8)10/h6-7,15-16H,4-5H2,1-3H3. The van der Waals surface area contributed by atoms with Crippen LogP contribution in [-0.4, -0.2) is 25.7 Å². The second kappa shape index (κ2) is 5.10. The van der Waals surface area contributed by atoms with Crippen molar-refractivity contribution in [3.05, 3.63) is 27.9 Å². The van der Waals surface area contributed by atoms with Gasteiger partial charge in [0, 0.05) is 34.0 Å². The number of hydrogen-bond acceptors (Lipinski definition) is 2. The summed E-state index contributed by atoms with van der Waals surface area (Å²) >= 11 is 3.66. The van der Waals surface area contributed by atoms with Gasteiger partial charge in [0.05, 0.1) is 7.11 Å². The Morgan fingerprint density at radius 3 is 2.82 bits per heavy atom. The van der Waals surface area contributed by atoms with Gasteiger partial charge in [-0.3, -0.25) is 0 Å². The molecule has 2 N–H and O–H groups in total. The number of ether oxygens (including phenoxy) is 1. The summed E-state index contributed by atoms with van der Waals surface area (Å²) in [6.07, 6.45) is 0.980. The maximum absolute atomic E-state index is 5.30. The molecule has 1 heterocycles. The molecule has 2 aromatic rings. The number of fused-ring (bicyclic) bond motifs is 1. The van der Waals surface area contributed by atoms with Crippen LogP contribution >= 0.6 is 15.9 Å². The molecule has 3 nitrogen and oxygen atoms in total. The number of rotatable bonds is 4. The zero-order chi connectivity index (χ0) is 12.4. The molecule has 0 saturated heterocycles. The van der Waals surface area contributed by atoms with Gasteiger partial charge in [-0.1, -0.05) is 0 Å². The number of benzene rings is 1. The Hall–Kier alpha value is -1.00. The van der Waals surface area contributed by atoms with E-state index in [2.05, 4.69) is 39.2 Å². The van der Waals surface area contributed by atoms with Crippen LogP contribution in [0.2, 0.25) is 0 Å². The fourth-order valence-corrected chi connectivity index (χ4v) is 2.61. The van der Waals surface area contributed by atoms with Gasteiger partial charge in [-0.05, 0) is 47.6 Å². The molecular formula is C13H17BrN2O. The van der Waals surface area contributed by atoms with Crippen LogP contribution in [0.5, 0.6) is 5.75 Å². The lowest BCUT2D eigenvalue weighted by atomic mass is 10.1. The Morgan fingerprint density at radius 1 is 1.41 bits per heavy atom. The smallest absolute Gasteiger partial charge is 0.119 e. The Kier molecular flexibility index (Phi) is 3.74. The van der Waals surface area contributed by atoms with Crippen molar-refractivity contribution in [2.45, 2.75) is 13.3 Å². The predicted octanol–water partition coefficient (Wildman–Crippen LogP) is 3.01. The molecule has 92 valence electrons. The van der Waals surface area contributed by atoms with Crippen molar-refractivity contribution in [3.63, 3.8) is 0 Å². The fraction of sp³-hybridized carbons (Fsp3) is 0.385. The molecule has 0 aliphatic heterocycles. The molecule has 0 spiro atoms. The van der Waals surface area contributed by atoms with E-state index in [0.717, 1.165) is 23.2 Å². The van der Waals surface area contributed by atoms with E-state index in [1.807, 2.05) is 13.1 Å². The van der Waals surface area contributed by atoms with Crippen LogP contribution in [0.3, 0.4) is 0 Å². The molecule has 4 heteroatoms. The maximum atomic E-state index is 5.30. The van der Waals surface area contributed by atoms with Crippen molar-refractivity contribution in [2.24, 2.45) is 0 Å². The van der Waals surface area contributed by atoms with Crippen LogP contribution in [0.1, 0.15) is 11.3 Å². The minimum absolute atomic E-state index is 0.898. The average Bonchev–Trinajstić information content (AvgIpc) is 2.65. The summed E-state index contributed by atoms with van der Waals surface area (Å²) in [5.41, 5.74) is 3.62. The highest BCUT2D eigenvalue weighted by atomic mass is 79.9. The number of nitrogens with one attached hydrogen (secondary N) is 2. The van der Waals surface area contributed by atoms with Crippen LogP contribution < -0.4 is 10.1 Å². The van der Waals surface area contributed by atoms with Gasteiger partial charge in [-0.2, -0.15) is 0 Å². The van der Waals surface area contributed by atoms with Crippen LogP contribution in [-0.2, 0) is 6.42 Å². The molecular weight excluding hydrogens is 280 g/mol. The molecule has 0 fully saturated rings. The van der Waals surface area contributed by atoms with E-state index in [1.54, 1.807) is 7.11 Å². The molecule has 0 amide bonds. The van der Waals surface area contributed by atoms with Crippen molar-refractivity contribution in [1.29, 1.82) is 0 Å². The number of hydrogen-bond donors (Lipinski definition) is 2. The summed E-state index contributed by atoms with van der Waals surface area (Å²) < 4.78 is 6.44. The molecule has 0 saturated carbocycles. The fourth-order valence-electron chi connectivity index (χ4n) is 2.00. The van der Waals surface area contributed by atoms with Gasteiger partial charge < -0.3 is 15.0 Å². The highest BCUT2D eigenvalue weighted by Crippen LogP contribution is 2.33. The number of H-pyrrole nitrogens is 1. The largest absolute Gasteiger partial charge is 0.497 e. The summed E-state index contributed by atoms with van der Waals surface area (Å²) in [5, 5.41) is 4.35. The minimum Gasteiger partial charge on any atom is -0.497 e. The minimum atomic E-state index is 0.898. The number of aryl methyl sites for hydroxylation is 1. The van der Waals surface area contributed by atoms with Gasteiger partial charge in [0.2, 0.25) is 0 Å². The third-order valence-corrected chi connectivity index (χ3v) is 3.85. The van der Waals surface area contributed by atoms with Gasteiger partial charge in [0.15, 0.2) is 0 Å².